The van der Waals surface area contributed by atoms with Crippen LogP contribution in [-0.4, -0.2) is 14.2 Å². The molecule has 0 heterocycles. The summed E-state index contributed by atoms with van der Waals surface area (Å²) in [7, 11) is 3.00. The van der Waals surface area contributed by atoms with Gasteiger partial charge in [-0.1, -0.05) is 17.7 Å². The minimum atomic E-state index is -4.46. The largest absolute Gasteiger partial charge is 0.496 e. The molecule has 8 heteroatoms. The fourth-order valence-corrected chi connectivity index (χ4v) is 3.58. The number of hydrogen-bond acceptors (Lipinski definition) is 4. The first-order valence-corrected chi connectivity index (χ1v) is 8.24. The fourth-order valence-electron chi connectivity index (χ4n) is 2.24. The topological polar surface area (TPSA) is 38.5 Å². The van der Waals surface area contributed by atoms with E-state index in [1.807, 2.05) is 0 Å². The molecule has 130 valence electrons. The Kier molecular flexibility index (Phi) is 5.90. The number of thioether (sulfide) groups is 1. The molecule has 24 heavy (non-hydrogen) atoms. The molecule has 0 aliphatic carbocycles. The highest BCUT2D eigenvalue weighted by Crippen LogP contribution is 2.40. The molecule has 0 saturated heterocycles. The highest BCUT2D eigenvalue weighted by molar-refractivity contribution is 7.98. The second-order valence-corrected chi connectivity index (χ2v) is 6.45. The summed E-state index contributed by atoms with van der Waals surface area (Å²) in [6.07, 6.45) is -4.46. The van der Waals surface area contributed by atoms with Crippen molar-refractivity contribution in [3.05, 3.63) is 52.5 Å². The molecule has 0 aliphatic heterocycles. The van der Waals surface area contributed by atoms with Gasteiger partial charge in [0.1, 0.15) is 5.75 Å². The smallest absolute Gasteiger partial charge is 0.416 e. The zero-order valence-electron chi connectivity index (χ0n) is 13.0. The molecule has 2 N–H and O–H groups in total. The Morgan fingerprint density at radius 2 is 1.96 bits per heavy atom. The zero-order valence-corrected chi connectivity index (χ0v) is 14.6. The lowest BCUT2D eigenvalue weighted by molar-refractivity contribution is -0.138. The van der Waals surface area contributed by atoms with Crippen LogP contribution in [0.2, 0.25) is 5.02 Å². The summed E-state index contributed by atoms with van der Waals surface area (Å²) in [4.78, 5) is 0.660. The Hall–Kier alpha value is -1.57. The molecule has 0 unspecified atom stereocenters. The van der Waals surface area contributed by atoms with Crippen LogP contribution in [0, 0.1) is 0 Å². The average Bonchev–Trinajstić information content (AvgIpc) is 2.51. The number of nitrogens with two attached hydrogens (primary N) is 1. The van der Waals surface area contributed by atoms with Gasteiger partial charge in [-0.2, -0.15) is 13.2 Å². The third-order valence-electron chi connectivity index (χ3n) is 3.33. The molecule has 0 bridgehead atoms. The molecule has 0 radical (unpaired) electrons. The van der Waals surface area contributed by atoms with E-state index in [-0.39, 0.29) is 11.3 Å². The van der Waals surface area contributed by atoms with Crippen molar-refractivity contribution in [1.82, 2.24) is 0 Å². The summed E-state index contributed by atoms with van der Waals surface area (Å²) < 4.78 is 45.2. The Balaban J connectivity index is 2.40. The van der Waals surface area contributed by atoms with Crippen molar-refractivity contribution in [2.24, 2.45) is 5.84 Å². The van der Waals surface area contributed by atoms with E-state index in [1.54, 1.807) is 24.3 Å². The number of alkyl halides is 3. The Morgan fingerprint density at radius 3 is 2.54 bits per heavy atom. The van der Waals surface area contributed by atoms with Crippen LogP contribution in [0.25, 0.3) is 0 Å². The number of rotatable bonds is 5. The van der Waals surface area contributed by atoms with Crippen LogP contribution in [-0.2, 0) is 11.9 Å². The van der Waals surface area contributed by atoms with Crippen LogP contribution in [0.15, 0.2) is 41.3 Å². The summed E-state index contributed by atoms with van der Waals surface area (Å²) >= 11 is 7.17. The van der Waals surface area contributed by atoms with Gasteiger partial charge in [0.2, 0.25) is 0 Å². The van der Waals surface area contributed by atoms with E-state index in [0.29, 0.717) is 21.4 Å². The first kappa shape index (κ1) is 18.8. The van der Waals surface area contributed by atoms with Gasteiger partial charge in [-0.25, -0.2) is 5.84 Å². The van der Waals surface area contributed by atoms with E-state index in [4.69, 9.17) is 22.2 Å². The van der Waals surface area contributed by atoms with E-state index < -0.39 is 11.7 Å². The molecule has 0 aromatic heterocycles. The molecule has 0 saturated carbocycles. The summed E-state index contributed by atoms with van der Waals surface area (Å²) in [5.41, 5.74) is -0.272. The normalized spacial score (nSPS) is 11.5. The lowest BCUT2D eigenvalue weighted by Crippen LogP contribution is -2.27. The highest BCUT2D eigenvalue weighted by atomic mass is 35.5. The number of halogens is 4. The van der Waals surface area contributed by atoms with E-state index in [0.717, 1.165) is 6.07 Å². The molecule has 0 amide bonds. The van der Waals surface area contributed by atoms with Gasteiger partial charge < -0.3 is 9.75 Å². The number of nitrogens with zero attached hydrogens (tertiary/aromatic N) is 1. The van der Waals surface area contributed by atoms with Crippen molar-refractivity contribution < 1.29 is 17.9 Å². The van der Waals surface area contributed by atoms with Crippen LogP contribution in [0.1, 0.15) is 11.1 Å². The Morgan fingerprint density at radius 1 is 1.25 bits per heavy atom. The van der Waals surface area contributed by atoms with E-state index in [9.17, 15) is 13.2 Å². The van der Waals surface area contributed by atoms with Crippen LogP contribution in [0.4, 0.5) is 18.9 Å². The fraction of sp³-hybridized carbons (Fsp3) is 0.250. The molecule has 0 atom stereocenters. The maximum atomic E-state index is 13.3. The third-order valence-corrected chi connectivity index (χ3v) is 4.63. The minimum absolute atomic E-state index is 0.0727. The summed E-state index contributed by atoms with van der Waals surface area (Å²) in [5, 5.41) is 1.67. The number of benzene rings is 2. The summed E-state index contributed by atoms with van der Waals surface area (Å²) in [5.74, 6) is 6.31. The summed E-state index contributed by atoms with van der Waals surface area (Å²) in [6, 6.07) is 8.95. The van der Waals surface area contributed by atoms with Crippen LogP contribution < -0.4 is 15.6 Å². The monoisotopic (exact) mass is 376 g/mol. The SMILES string of the molecule is COc1ccc(Cl)cc1SCc1c(N(C)N)cccc1C(F)(F)F. The lowest BCUT2D eigenvalue weighted by atomic mass is 10.1. The number of hydrazine groups is 1. The quantitative estimate of drug-likeness (QED) is 0.454. The van der Waals surface area contributed by atoms with Gasteiger partial charge in [-0.3, -0.25) is 0 Å². The standard InChI is InChI=1S/C16H16ClF3N2OS/c1-22(21)13-5-3-4-12(16(18,19)20)11(13)9-24-15-8-10(17)6-7-14(15)23-2/h3-8H,9,21H2,1-2H3. The van der Waals surface area contributed by atoms with Gasteiger partial charge in [0, 0.05) is 17.8 Å². The zero-order chi connectivity index (χ0) is 17.9. The van der Waals surface area contributed by atoms with Crippen molar-refractivity contribution in [1.29, 1.82) is 0 Å². The molecule has 0 spiro atoms. The predicted octanol–water partition coefficient (Wildman–Crippen LogP) is 4.97. The van der Waals surface area contributed by atoms with Gasteiger partial charge in [0.25, 0.3) is 0 Å². The first-order chi connectivity index (χ1) is 11.2. The number of methoxy groups -OCH3 is 1. The minimum Gasteiger partial charge on any atom is -0.496 e. The molecular weight excluding hydrogens is 361 g/mol. The van der Waals surface area contributed by atoms with Crippen molar-refractivity contribution in [2.45, 2.75) is 16.8 Å². The second kappa shape index (κ2) is 7.55. The van der Waals surface area contributed by atoms with Gasteiger partial charge >= 0.3 is 6.18 Å². The molecule has 0 fully saturated rings. The van der Waals surface area contributed by atoms with Crippen molar-refractivity contribution >= 4 is 29.1 Å². The molecule has 2 rings (SSSR count). The van der Waals surface area contributed by atoms with E-state index in [1.165, 1.54) is 37.0 Å². The number of anilines is 1. The molecule has 0 aliphatic rings. The van der Waals surface area contributed by atoms with E-state index >= 15 is 0 Å². The van der Waals surface area contributed by atoms with Gasteiger partial charge in [0.05, 0.1) is 23.3 Å². The highest BCUT2D eigenvalue weighted by Gasteiger charge is 2.34. The molecule has 2 aromatic rings. The van der Waals surface area contributed by atoms with Crippen molar-refractivity contribution in [2.75, 3.05) is 19.2 Å². The maximum Gasteiger partial charge on any atom is 0.416 e. The van der Waals surface area contributed by atoms with Crippen molar-refractivity contribution in [3.8, 4) is 5.75 Å². The summed E-state index contributed by atoms with van der Waals surface area (Å²) in [6.45, 7) is 0. The van der Waals surface area contributed by atoms with Crippen LogP contribution in [0.5, 0.6) is 5.75 Å². The predicted molar refractivity (Wildman–Crippen MR) is 91.6 cm³/mol. The van der Waals surface area contributed by atoms with Gasteiger partial charge in [-0.15, -0.1) is 11.8 Å². The number of ether oxygens (including phenoxy) is 1. The van der Waals surface area contributed by atoms with E-state index in [2.05, 4.69) is 0 Å². The second-order valence-electron chi connectivity index (χ2n) is 5.00. The number of hydrogen-bond donors (Lipinski definition) is 1. The van der Waals surface area contributed by atoms with Crippen LogP contribution in [0.3, 0.4) is 0 Å². The molecule has 2 aromatic carbocycles. The first-order valence-electron chi connectivity index (χ1n) is 6.88. The lowest BCUT2D eigenvalue weighted by Gasteiger charge is -2.21. The average molecular weight is 377 g/mol. The third kappa shape index (κ3) is 4.28. The van der Waals surface area contributed by atoms with Crippen molar-refractivity contribution in [3.63, 3.8) is 0 Å². The Bertz CT molecular complexity index is 723. The molecular formula is C16H16ClF3N2OS. The van der Waals surface area contributed by atoms with Crippen LogP contribution >= 0.6 is 23.4 Å². The maximum absolute atomic E-state index is 13.3. The van der Waals surface area contributed by atoms with Gasteiger partial charge in [-0.05, 0) is 35.9 Å². The van der Waals surface area contributed by atoms with Gasteiger partial charge in [0.15, 0.2) is 0 Å². The Labute approximate surface area is 147 Å². The molecule has 3 nitrogen and oxygen atoms in total.